The van der Waals surface area contributed by atoms with Crippen LogP contribution in [-0.4, -0.2) is 37.2 Å². The van der Waals surface area contributed by atoms with Crippen LogP contribution in [0.3, 0.4) is 0 Å². The molecule has 0 aliphatic carbocycles. The minimum Gasteiger partial charge on any atom is -0.462 e. The summed E-state index contributed by atoms with van der Waals surface area (Å²) in [5.74, 6) is -0.912. The number of carbonyl (C=O) groups is 3. The summed E-state index contributed by atoms with van der Waals surface area (Å²) < 4.78 is 16.9. The van der Waals surface area contributed by atoms with Crippen LogP contribution in [0.15, 0.2) is 109 Å². The normalized spacial score (nSPS) is 12.8. The van der Waals surface area contributed by atoms with E-state index in [0.29, 0.717) is 19.3 Å². The van der Waals surface area contributed by atoms with Crippen molar-refractivity contribution in [3.63, 3.8) is 0 Å². The van der Waals surface area contributed by atoms with Gasteiger partial charge in [-0.25, -0.2) is 0 Å². The first-order valence-electron chi connectivity index (χ1n) is 33.4. The van der Waals surface area contributed by atoms with E-state index >= 15 is 0 Å². The first kappa shape index (κ1) is 75.1. The Labute approximate surface area is 489 Å². The summed E-state index contributed by atoms with van der Waals surface area (Å²) >= 11 is 0. The molecule has 0 heterocycles. The Morgan fingerprint density at radius 1 is 0.266 bits per heavy atom. The summed E-state index contributed by atoms with van der Waals surface area (Å²) in [7, 11) is 0. The SMILES string of the molecule is CC/C=C\C/C=C\C/C=C\C/C=C\CCCCCCCCCCCCCCCCCCCCC(=O)OCC(COC(=O)CCCCCCC/C=C\CCCCCC)OC(=O)CCCCCC/C=C\C/C=C\C/C=C\C/C=C\CC. The number of ether oxygens (including phenoxy) is 3. The van der Waals surface area contributed by atoms with Crippen molar-refractivity contribution < 1.29 is 28.6 Å². The summed E-state index contributed by atoms with van der Waals surface area (Å²) in [6, 6.07) is 0. The minimum atomic E-state index is -0.795. The Kier molecular flexibility index (Phi) is 63.3. The number of esters is 3. The van der Waals surface area contributed by atoms with Gasteiger partial charge in [0.1, 0.15) is 13.2 Å². The highest BCUT2D eigenvalue weighted by atomic mass is 16.6. The molecule has 0 aromatic heterocycles. The molecular formula is C73H124O6. The van der Waals surface area contributed by atoms with E-state index in [-0.39, 0.29) is 31.1 Å². The zero-order chi connectivity index (χ0) is 57.1. The predicted octanol–water partition coefficient (Wildman–Crippen LogP) is 23.0. The molecule has 1 unspecified atom stereocenters. The minimum absolute atomic E-state index is 0.0888. The molecule has 0 fully saturated rings. The molecule has 0 aliphatic rings. The van der Waals surface area contributed by atoms with Crippen molar-refractivity contribution in [1.82, 2.24) is 0 Å². The van der Waals surface area contributed by atoms with E-state index in [1.165, 1.54) is 148 Å². The fourth-order valence-corrected chi connectivity index (χ4v) is 9.30. The fraction of sp³-hybridized carbons (Fsp3) is 0.712. The quantitative estimate of drug-likeness (QED) is 0.0261. The zero-order valence-corrected chi connectivity index (χ0v) is 51.9. The standard InChI is InChI=1S/C73H124O6/c1-4-7-10-13-16-19-22-25-27-29-30-31-32-33-34-35-36-37-38-39-40-41-42-44-45-48-51-54-57-60-63-66-72(75)78-69-70(68-77-71(74)65-62-59-56-53-50-47-24-21-18-15-12-9-6-3)79-73(76)67-64-61-58-55-52-49-46-43-28-26-23-20-17-14-11-8-5-2/h7-8,10-11,16-17,19-21,24-28,30-31,46,49,70H,4-6,9,12-15,18,22-23,29,32-45,47-48,50-69H2,1-3H3/b10-7-,11-8-,19-16-,20-17-,24-21-,27-25-,28-26-,31-30-,49-46-. The van der Waals surface area contributed by atoms with Gasteiger partial charge in [-0.05, 0) is 122 Å². The van der Waals surface area contributed by atoms with E-state index in [9.17, 15) is 14.4 Å². The Bertz CT molecular complexity index is 1590. The average molecular weight is 1100 g/mol. The molecule has 0 N–H and O–H groups in total. The second-order valence-electron chi connectivity index (χ2n) is 22.0. The van der Waals surface area contributed by atoms with Crippen LogP contribution >= 0.6 is 0 Å². The third kappa shape index (κ3) is 64.8. The van der Waals surface area contributed by atoms with E-state index in [2.05, 4.69) is 130 Å². The lowest BCUT2D eigenvalue weighted by Crippen LogP contribution is -2.30. The van der Waals surface area contributed by atoms with Crippen molar-refractivity contribution >= 4 is 17.9 Å². The maximum absolute atomic E-state index is 12.9. The molecule has 0 amide bonds. The number of hydrogen-bond donors (Lipinski definition) is 0. The summed E-state index contributed by atoms with van der Waals surface area (Å²) in [6.45, 7) is 6.40. The van der Waals surface area contributed by atoms with Crippen LogP contribution in [0.1, 0.15) is 316 Å². The maximum atomic E-state index is 12.9. The third-order valence-electron chi connectivity index (χ3n) is 14.2. The molecule has 6 heteroatoms. The number of carbonyl (C=O) groups excluding carboxylic acids is 3. The summed E-state index contributed by atoms with van der Waals surface area (Å²) in [4.78, 5) is 38.3. The van der Waals surface area contributed by atoms with Crippen LogP contribution in [0, 0.1) is 0 Å². The highest BCUT2D eigenvalue weighted by Gasteiger charge is 2.19. The van der Waals surface area contributed by atoms with Crippen molar-refractivity contribution in [2.24, 2.45) is 0 Å². The molecule has 0 spiro atoms. The Hall–Kier alpha value is -3.93. The van der Waals surface area contributed by atoms with Crippen LogP contribution in [-0.2, 0) is 28.6 Å². The summed E-state index contributed by atoms with van der Waals surface area (Å²) in [5.41, 5.74) is 0. The van der Waals surface area contributed by atoms with Gasteiger partial charge in [-0.15, -0.1) is 0 Å². The molecule has 6 nitrogen and oxygen atoms in total. The van der Waals surface area contributed by atoms with Crippen LogP contribution in [0.4, 0.5) is 0 Å². The second-order valence-corrected chi connectivity index (χ2v) is 22.0. The number of allylic oxidation sites excluding steroid dienone is 18. The van der Waals surface area contributed by atoms with E-state index < -0.39 is 6.10 Å². The maximum Gasteiger partial charge on any atom is 0.306 e. The highest BCUT2D eigenvalue weighted by molar-refractivity contribution is 5.71. The van der Waals surface area contributed by atoms with Gasteiger partial charge in [0.05, 0.1) is 0 Å². The second kappa shape index (κ2) is 66.6. The van der Waals surface area contributed by atoms with Gasteiger partial charge in [-0.1, -0.05) is 284 Å². The lowest BCUT2D eigenvalue weighted by Gasteiger charge is -2.18. The Morgan fingerprint density at radius 2 is 0.494 bits per heavy atom. The summed E-state index contributed by atoms with van der Waals surface area (Å²) in [6.07, 6.45) is 91.1. The van der Waals surface area contributed by atoms with Crippen molar-refractivity contribution in [2.75, 3.05) is 13.2 Å². The van der Waals surface area contributed by atoms with Crippen LogP contribution in [0.25, 0.3) is 0 Å². The summed E-state index contributed by atoms with van der Waals surface area (Å²) in [5, 5.41) is 0. The van der Waals surface area contributed by atoms with Gasteiger partial charge >= 0.3 is 17.9 Å². The number of hydrogen-bond acceptors (Lipinski definition) is 6. The molecule has 0 aliphatic heterocycles. The Morgan fingerprint density at radius 3 is 0.785 bits per heavy atom. The molecule has 0 radical (unpaired) electrons. The van der Waals surface area contributed by atoms with Gasteiger partial charge in [-0.3, -0.25) is 14.4 Å². The average Bonchev–Trinajstić information content (AvgIpc) is 3.45. The molecule has 0 aromatic rings. The molecule has 0 bridgehead atoms. The Balaban J connectivity index is 4.22. The van der Waals surface area contributed by atoms with Crippen molar-refractivity contribution in [3.8, 4) is 0 Å². The van der Waals surface area contributed by atoms with E-state index in [1.807, 2.05) is 0 Å². The number of rotatable bonds is 60. The first-order valence-corrected chi connectivity index (χ1v) is 33.4. The third-order valence-corrected chi connectivity index (χ3v) is 14.2. The van der Waals surface area contributed by atoms with Gasteiger partial charge in [0, 0.05) is 19.3 Å². The van der Waals surface area contributed by atoms with Crippen LogP contribution in [0.5, 0.6) is 0 Å². The predicted molar refractivity (Wildman–Crippen MR) is 343 cm³/mol. The molecular weight excluding hydrogens is 973 g/mol. The van der Waals surface area contributed by atoms with Crippen molar-refractivity contribution in [3.05, 3.63) is 109 Å². The van der Waals surface area contributed by atoms with Gasteiger partial charge in [0.15, 0.2) is 6.10 Å². The van der Waals surface area contributed by atoms with Gasteiger partial charge in [0.25, 0.3) is 0 Å². The molecule has 79 heavy (non-hydrogen) atoms. The topological polar surface area (TPSA) is 78.9 Å². The van der Waals surface area contributed by atoms with E-state index in [1.54, 1.807) is 0 Å². The molecule has 0 saturated carbocycles. The molecule has 0 rings (SSSR count). The van der Waals surface area contributed by atoms with Gasteiger partial charge in [0.2, 0.25) is 0 Å². The fourth-order valence-electron chi connectivity index (χ4n) is 9.30. The lowest BCUT2D eigenvalue weighted by atomic mass is 10.0. The first-order chi connectivity index (χ1) is 39.0. The zero-order valence-electron chi connectivity index (χ0n) is 51.9. The van der Waals surface area contributed by atoms with E-state index in [0.717, 1.165) is 128 Å². The van der Waals surface area contributed by atoms with E-state index in [4.69, 9.17) is 14.2 Å². The molecule has 0 aromatic carbocycles. The largest absolute Gasteiger partial charge is 0.462 e. The van der Waals surface area contributed by atoms with Gasteiger partial charge in [-0.2, -0.15) is 0 Å². The van der Waals surface area contributed by atoms with Gasteiger partial charge < -0.3 is 14.2 Å². The molecule has 1 atom stereocenters. The van der Waals surface area contributed by atoms with Crippen LogP contribution < -0.4 is 0 Å². The lowest BCUT2D eigenvalue weighted by molar-refractivity contribution is -0.167. The highest BCUT2D eigenvalue weighted by Crippen LogP contribution is 2.17. The monoisotopic (exact) mass is 1100 g/mol. The number of unbranched alkanes of at least 4 members (excludes halogenated alkanes) is 31. The molecule has 452 valence electrons. The van der Waals surface area contributed by atoms with Crippen LogP contribution in [0.2, 0.25) is 0 Å². The smallest absolute Gasteiger partial charge is 0.306 e. The molecule has 0 saturated heterocycles. The van der Waals surface area contributed by atoms with Crippen molar-refractivity contribution in [1.29, 1.82) is 0 Å². The van der Waals surface area contributed by atoms with Crippen molar-refractivity contribution in [2.45, 2.75) is 322 Å².